The van der Waals surface area contributed by atoms with Crippen LogP contribution < -0.4 is 5.32 Å². The number of nitrogens with zero attached hydrogens (tertiary/aromatic N) is 2. The molecule has 4 nitrogen and oxygen atoms in total. The van der Waals surface area contributed by atoms with Crippen molar-refractivity contribution in [1.82, 2.24) is 9.97 Å². The van der Waals surface area contributed by atoms with E-state index >= 15 is 0 Å². The van der Waals surface area contributed by atoms with Gasteiger partial charge in [-0.25, -0.2) is 9.97 Å². The van der Waals surface area contributed by atoms with E-state index in [-0.39, 0.29) is 5.54 Å². The smallest absolute Gasteiger partial charge is 0.217 e. The number of halogens is 1. The van der Waals surface area contributed by atoms with Gasteiger partial charge in [-0.3, -0.25) is 0 Å². The van der Waals surface area contributed by atoms with E-state index in [9.17, 15) is 4.39 Å². The normalized spacial score (nSPS) is 26.4. The molecule has 1 aromatic rings. The number of nitrogens with one attached hydrogen (secondary N) is 1. The van der Waals surface area contributed by atoms with Crippen molar-refractivity contribution in [2.24, 2.45) is 0 Å². The highest BCUT2D eigenvalue weighted by Crippen LogP contribution is 2.22. The number of hydrogen-bond donors (Lipinski definition) is 1. The monoisotopic (exact) mass is 197 g/mol. The maximum atomic E-state index is 12.7. The summed E-state index contributed by atoms with van der Waals surface area (Å²) in [5, 5.41) is 3.14. The Morgan fingerprint density at radius 1 is 1.57 bits per heavy atom. The zero-order chi connectivity index (χ0) is 10.0. The Morgan fingerprint density at radius 2 is 2.43 bits per heavy atom. The average Bonchev–Trinajstić information content (AvgIpc) is 2.51. The van der Waals surface area contributed by atoms with Crippen molar-refractivity contribution in [2.45, 2.75) is 18.9 Å². The van der Waals surface area contributed by atoms with Crippen LogP contribution in [0, 0.1) is 5.95 Å². The summed E-state index contributed by atoms with van der Waals surface area (Å²) in [6.45, 7) is 3.38. The number of hydrogen-bond acceptors (Lipinski definition) is 4. The van der Waals surface area contributed by atoms with Crippen molar-refractivity contribution in [3.8, 4) is 0 Å². The fraction of sp³-hybridized carbons (Fsp3) is 0.556. The number of rotatable bonds is 2. The minimum atomic E-state index is -0.523. The molecule has 76 valence electrons. The van der Waals surface area contributed by atoms with E-state index in [0.29, 0.717) is 12.4 Å². The van der Waals surface area contributed by atoms with Gasteiger partial charge < -0.3 is 10.1 Å². The average molecular weight is 197 g/mol. The second kappa shape index (κ2) is 3.49. The highest BCUT2D eigenvalue weighted by Gasteiger charge is 2.29. The van der Waals surface area contributed by atoms with E-state index in [4.69, 9.17) is 4.74 Å². The molecule has 1 N–H and O–H groups in total. The third kappa shape index (κ3) is 1.98. The standard InChI is InChI=1S/C9H12FN3O/c1-9(2-3-14-5-9)13-8-4-7(10)11-6-12-8/h4,6H,2-3,5H2,1H3,(H,11,12,13). The summed E-state index contributed by atoms with van der Waals surface area (Å²) in [6, 6.07) is 1.28. The highest BCUT2D eigenvalue weighted by atomic mass is 19.1. The number of ether oxygens (including phenoxy) is 1. The van der Waals surface area contributed by atoms with Gasteiger partial charge in [-0.15, -0.1) is 0 Å². The molecule has 1 atom stereocenters. The maximum Gasteiger partial charge on any atom is 0.217 e. The Morgan fingerprint density at radius 3 is 3.07 bits per heavy atom. The van der Waals surface area contributed by atoms with Gasteiger partial charge in [0.25, 0.3) is 0 Å². The van der Waals surface area contributed by atoms with Crippen LogP contribution in [0.25, 0.3) is 0 Å². The van der Waals surface area contributed by atoms with Gasteiger partial charge in [-0.1, -0.05) is 0 Å². The molecule has 0 radical (unpaired) electrons. The van der Waals surface area contributed by atoms with Gasteiger partial charge in [0.1, 0.15) is 12.1 Å². The van der Waals surface area contributed by atoms with Crippen molar-refractivity contribution < 1.29 is 9.13 Å². The minimum absolute atomic E-state index is 0.138. The Hall–Kier alpha value is -1.23. The fourth-order valence-electron chi connectivity index (χ4n) is 1.48. The van der Waals surface area contributed by atoms with Gasteiger partial charge in [0.2, 0.25) is 5.95 Å². The predicted octanol–water partition coefficient (Wildman–Crippen LogP) is 1.21. The van der Waals surface area contributed by atoms with Crippen LogP contribution in [0.1, 0.15) is 13.3 Å². The molecule has 14 heavy (non-hydrogen) atoms. The van der Waals surface area contributed by atoms with Crippen LogP contribution in [-0.4, -0.2) is 28.7 Å². The molecule has 1 aliphatic rings. The maximum absolute atomic E-state index is 12.7. The van der Waals surface area contributed by atoms with Crippen LogP contribution in [0.3, 0.4) is 0 Å². The van der Waals surface area contributed by atoms with Crippen LogP contribution in [0.5, 0.6) is 0 Å². The summed E-state index contributed by atoms with van der Waals surface area (Å²) in [5.41, 5.74) is -0.138. The van der Waals surface area contributed by atoms with Crippen molar-refractivity contribution in [2.75, 3.05) is 18.5 Å². The van der Waals surface area contributed by atoms with Crippen LogP contribution >= 0.6 is 0 Å². The molecule has 0 bridgehead atoms. The SMILES string of the molecule is CC1(Nc2cc(F)ncn2)CCOC1. The molecule has 1 aliphatic heterocycles. The van der Waals surface area contributed by atoms with Crippen LogP contribution in [0.2, 0.25) is 0 Å². The summed E-state index contributed by atoms with van der Waals surface area (Å²) >= 11 is 0. The third-order valence-electron chi connectivity index (χ3n) is 2.28. The summed E-state index contributed by atoms with van der Waals surface area (Å²) < 4.78 is 18.0. The minimum Gasteiger partial charge on any atom is -0.379 e. The zero-order valence-electron chi connectivity index (χ0n) is 7.96. The van der Waals surface area contributed by atoms with E-state index in [1.165, 1.54) is 12.4 Å². The predicted molar refractivity (Wildman–Crippen MR) is 49.5 cm³/mol. The molecule has 5 heteroatoms. The second-order valence-corrected chi connectivity index (χ2v) is 3.71. The molecule has 1 aromatic heterocycles. The lowest BCUT2D eigenvalue weighted by atomic mass is 10.0. The topological polar surface area (TPSA) is 47.0 Å². The molecule has 1 unspecified atom stereocenters. The first kappa shape index (κ1) is 9.33. The lowest BCUT2D eigenvalue weighted by Crippen LogP contribution is -2.35. The Balaban J connectivity index is 2.10. The highest BCUT2D eigenvalue weighted by molar-refractivity contribution is 5.36. The summed E-state index contributed by atoms with van der Waals surface area (Å²) in [5.74, 6) is -0.0180. The quantitative estimate of drug-likeness (QED) is 0.724. The van der Waals surface area contributed by atoms with Crippen molar-refractivity contribution in [3.05, 3.63) is 18.3 Å². The van der Waals surface area contributed by atoms with E-state index in [0.717, 1.165) is 13.0 Å². The summed E-state index contributed by atoms with van der Waals surface area (Å²) in [6.07, 6.45) is 2.11. The molecule has 0 aliphatic carbocycles. The van der Waals surface area contributed by atoms with Gasteiger partial charge in [0, 0.05) is 12.7 Å². The largest absolute Gasteiger partial charge is 0.379 e. The van der Waals surface area contributed by atoms with Crippen molar-refractivity contribution in [3.63, 3.8) is 0 Å². The first-order valence-corrected chi connectivity index (χ1v) is 4.51. The Labute approximate surface area is 81.5 Å². The summed E-state index contributed by atoms with van der Waals surface area (Å²) in [7, 11) is 0. The van der Waals surface area contributed by atoms with Crippen molar-refractivity contribution >= 4 is 5.82 Å². The zero-order valence-corrected chi connectivity index (χ0v) is 7.96. The van der Waals surface area contributed by atoms with Crippen LogP contribution in [0.4, 0.5) is 10.2 Å². The van der Waals surface area contributed by atoms with Crippen molar-refractivity contribution in [1.29, 1.82) is 0 Å². The van der Waals surface area contributed by atoms with Crippen LogP contribution in [0.15, 0.2) is 12.4 Å². The molecule has 0 saturated carbocycles. The van der Waals surface area contributed by atoms with Gasteiger partial charge in [-0.05, 0) is 13.3 Å². The summed E-state index contributed by atoms with van der Waals surface area (Å²) in [4.78, 5) is 7.32. The molecule has 0 amide bonds. The van der Waals surface area contributed by atoms with E-state index in [2.05, 4.69) is 15.3 Å². The first-order valence-electron chi connectivity index (χ1n) is 4.51. The lowest BCUT2D eigenvalue weighted by molar-refractivity contribution is 0.185. The van der Waals surface area contributed by atoms with Gasteiger partial charge in [0.15, 0.2) is 0 Å². The first-order chi connectivity index (χ1) is 6.68. The van der Waals surface area contributed by atoms with Crippen LogP contribution in [-0.2, 0) is 4.74 Å². The van der Waals surface area contributed by atoms with E-state index in [1.54, 1.807) is 0 Å². The van der Waals surface area contributed by atoms with Gasteiger partial charge >= 0.3 is 0 Å². The second-order valence-electron chi connectivity index (χ2n) is 3.71. The molecular formula is C9H12FN3O. The molecule has 2 rings (SSSR count). The van der Waals surface area contributed by atoms with Gasteiger partial charge in [-0.2, -0.15) is 4.39 Å². The number of aromatic nitrogens is 2. The molecule has 0 spiro atoms. The third-order valence-corrected chi connectivity index (χ3v) is 2.28. The van der Waals surface area contributed by atoms with E-state index < -0.39 is 5.95 Å². The van der Waals surface area contributed by atoms with E-state index in [1.807, 2.05) is 6.92 Å². The lowest BCUT2D eigenvalue weighted by Gasteiger charge is -2.23. The fourth-order valence-corrected chi connectivity index (χ4v) is 1.48. The molecule has 2 heterocycles. The Bertz CT molecular complexity index is 326. The number of anilines is 1. The Kier molecular flexibility index (Phi) is 2.33. The molecular weight excluding hydrogens is 185 g/mol. The molecule has 0 aromatic carbocycles. The molecule has 1 saturated heterocycles. The molecule has 1 fully saturated rings. The van der Waals surface area contributed by atoms with Gasteiger partial charge in [0.05, 0.1) is 12.1 Å².